The number of nitrogens with one attached hydrogen (secondary N) is 1. The van der Waals surface area contributed by atoms with Crippen LogP contribution >= 0.6 is 0 Å². The van der Waals surface area contributed by atoms with Gasteiger partial charge in [0.25, 0.3) is 11.9 Å². The lowest BCUT2D eigenvalue weighted by atomic mass is 9.97. The zero-order valence-electron chi connectivity index (χ0n) is 19.0. The van der Waals surface area contributed by atoms with Crippen molar-refractivity contribution in [2.75, 3.05) is 30.4 Å². The molecule has 0 spiro atoms. The molecule has 7 nitrogen and oxygen atoms in total. The van der Waals surface area contributed by atoms with Crippen LogP contribution in [-0.2, 0) is 11.2 Å². The van der Waals surface area contributed by atoms with E-state index in [0.29, 0.717) is 42.5 Å². The van der Waals surface area contributed by atoms with Gasteiger partial charge in [0.1, 0.15) is 11.4 Å². The lowest BCUT2D eigenvalue weighted by Gasteiger charge is -2.45. The molecule has 2 aliphatic carbocycles. The maximum atomic E-state index is 14.8. The van der Waals surface area contributed by atoms with E-state index in [0.717, 1.165) is 24.7 Å². The number of carbonyl (C=O) groups excluding carboxylic acids is 1. The molecule has 2 unspecified atom stereocenters. The maximum absolute atomic E-state index is 14.8. The molecule has 1 aromatic carbocycles. The standard InChI is InChI=1S/C24H30FN3O4/c1-5-19-20(27-23(32-19)28-11-24(3,12-28)30-4)22(29)26-16-6-13(2)21(18(25)10-16)31-17-8-14-7-15(14)9-17/h6,10,14-15,17H,5,7-9,11-12H2,1-4H3,(H,26,29). The highest BCUT2D eigenvalue weighted by atomic mass is 19.1. The molecule has 8 heteroatoms. The van der Waals surface area contributed by atoms with Gasteiger partial charge in [-0.05, 0) is 56.6 Å². The van der Waals surface area contributed by atoms with Gasteiger partial charge in [0.15, 0.2) is 17.3 Å². The molecule has 1 amide bonds. The number of nitrogens with zero attached hydrogens (tertiary/aromatic N) is 2. The summed E-state index contributed by atoms with van der Waals surface area (Å²) in [6, 6.07) is 3.45. The zero-order valence-corrected chi connectivity index (χ0v) is 19.0. The molecule has 2 heterocycles. The van der Waals surface area contributed by atoms with Crippen molar-refractivity contribution in [1.82, 2.24) is 4.98 Å². The predicted molar refractivity (Wildman–Crippen MR) is 118 cm³/mol. The number of rotatable bonds is 7. The molecule has 2 atom stereocenters. The molecule has 1 aliphatic heterocycles. The first-order chi connectivity index (χ1) is 15.3. The van der Waals surface area contributed by atoms with E-state index in [4.69, 9.17) is 13.9 Å². The summed E-state index contributed by atoms with van der Waals surface area (Å²) in [6.45, 7) is 7.00. The van der Waals surface area contributed by atoms with Crippen LogP contribution < -0.4 is 15.0 Å². The third-order valence-electron chi connectivity index (χ3n) is 7.01. The predicted octanol–water partition coefficient (Wildman–Crippen LogP) is 4.34. The number of aromatic nitrogens is 1. The number of aryl methyl sites for hydroxylation is 2. The Morgan fingerprint density at radius 3 is 2.66 bits per heavy atom. The Balaban J connectivity index is 1.28. The molecule has 1 N–H and O–H groups in total. The number of fused-ring (bicyclic) bond motifs is 1. The first kappa shape index (κ1) is 21.2. The van der Waals surface area contributed by atoms with Gasteiger partial charge in [0, 0.05) is 25.3 Å². The molecule has 2 saturated carbocycles. The normalized spacial score (nSPS) is 25.3. The van der Waals surface area contributed by atoms with Gasteiger partial charge in [0.05, 0.1) is 19.2 Å². The largest absolute Gasteiger partial charge is 0.487 e. The minimum absolute atomic E-state index is 0.0922. The lowest BCUT2D eigenvalue weighted by molar-refractivity contribution is -0.0191. The second kappa shape index (κ2) is 7.76. The van der Waals surface area contributed by atoms with E-state index in [-0.39, 0.29) is 23.1 Å². The number of hydrogen-bond acceptors (Lipinski definition) is 6. The Bertz CT molecular complexity index is 1010. The Morgan fingerprint density at radius 2 is 2.03 bits per heavy atom. The van der Waals surface area contributed by atoms with Gasteiger partial charge >= 0.3 is 0 Å². The first-order valence-corrected chi connectivity index (χ1v) is 11.4. The topological polar surface area (TPSA) is 76.8 Å². The highest BCUT2D eigenvalue weighted by Crippen LogP contribution is 2.52. The van der Waals surface area contributed by atoms with Gasteiger partial charge in [-0.3, -0.25) is 4.79 Å². The fraction of sp³-hybridized carbons (Fsp3) is 0.583. The van der Waals surface area contributed by atoms with E-state index >= 15 is 0 Å². The van der Waals surface area contributed by atoms with Gasteiger partial charge in [-0.15, -0.1) is 0 Å². The number of hydrogen-bond donors (Lipinski definition) is 1. The molecule has 32 heavy (non-hydrogen) atoms. The average Bonchev–Trinajstić information content (AvgIpc) is 3.15. The molecule has 0 radical (unpaired) electrons. The summed E-state index contributed by atoms with van der Waals surface area (Å²) in [5.41, 5.74) is 1.02. The Kier molecular flexibility index (Phi) is 5.15. The van der Waals surface area contributed by atoms with Gasteiger partial charge < -0.3 is 24.1 Å². The summed E-state index contributed by atoms with van der Waals surface area (Å²) >= 11 is 0. The van der Waals surface area contributed by atoms with Crippen LogP contribution in [0.25, 0.3) is 0 Å². The van der Waals surface area contributed by atoms with Gasteiger partial charge in [-0.1, -0.05) is 6.92 Å². The fourth-order valence-corrected chi connectivity index (χ4v) is 4.98. The van der Waals surface area contributed by atoms with Crippen molar-refractivity contribution in [2.45, 2.75) is 58.2 Å². The minimum atomic E-state index is -0.461. The van der Waals surface area contributed by atoms with Gasteiger partial charge in [-0.2, -0.15) is 4.98 Å². The van der Waals surface area contributed by atoms with E-state index in [1.165, 1.54) is 12.5 Å². The van der Waals surface area contributed by atoms with Gasteiger partial charge in [0.2, 0.25) is 0 Å². The van der Waals surface area contributed by atoms with E-state index in [2.05, 4.69) is 10.3 Å². The Hall–Kier alpha value is -2.61. The van der Waals surface area contributed by atoms with E-state index in [1.807, 2.05) is 18.7 Å². The number of ether oxygens (including phenoxy) is 2. The van der Waals surface area contributed by atoms with Crippen LogP contribution in [0.1, 0.15) is 54.9 Å². The average molecular weight is 444 g/mol. The zero-order chi connectivity index (χ0) is 22.6. The molecule has 1 saturated heterocycles. The molecule has 172 valence electrons. The van der Waals surface area contributed by atoms with E-state index in [1.54, 1.807) is 20.1 Å². The summed E-state index contributed by atoms with van der Waals surface area (Å²) in [7, 11) is 1.68. The third-order valence-corrected chi connectivity index (χ3v) is 7.01. The van der Waals surface area contributed by atoms with Crippen molar-refractivity contribution in [2.24, 2.45) is 11.8 Å². The highest BCUT2D eigenvalue weighted by Gasteiger charge is 2.47. The smallest absolute Gasteiger partial charge is 0.298 e. The van der Waals surface area contributed by atoms with Crippen molar-refractivity contribution in [3.8, 4) is 5.75 Å². The first-order valence-electron chi connectivity index (χ1n) is 11.4. The summed E-state index contributed by atoms with van der Waals surface area (Å²) in [5, 5.41) is 2.77. The van der Waals surface area contributed by atoms with E-state index < -0.39 is 11.7 Å². The van der Waals surface area contributed by atoms with Crippen LogP contribution in [0.4, 0.5) is 16.1 Å². The van der Waals surface area contributed by atoms with Crippen LogP contribution in [0.5, 0.6) is 5.75 Å². The fourth-order valence-electron chi connectivity index (χ4n) is 4.98. The van der Waals surface area contributed by atoms with Crippen LogP contribution in [-0.4, -0.2) is 42.8 Å². The second-order valence-electron chi connectivity index (χ2n) is 9.66. The third kappa shape index (κ3) is 3.85. The SMILES string of the molecule is CCc1oc(N2CC(C)(OC)C2)nc1C(=O)Nc1cc(C)c(OC2CC3CC3C2)c(F)c1. The van der Waals surface area contributed by atoms with Crippen LogP contribution in [0.15, 0.2) is 16.5 Å². The number of halogens is 1. The molecule has 0 bridgehead atoms. The van der Waals surface area contributed by atoms with Crippen molar-refractivity contribution in [3.05, 3.63) is 35.0 Å². The number of amides is 1. The van der Waals surface area contributed by atoms with Crippen molar-refractivity contribution < 1.29 is 23.1 Å². The molecule has 3 fully saturated rings. The minimum Gasteiger partial charge on any atom is -0.487 e. The Labute approximate surface area is 187 Å². The molecule has 1 aromatic heterocycles. The number of benzene rings is 1. The molecular weight excluding hydrogens is 413 g/mol. The molecule has 5 rings (SSSR count). The van der Waals surface area contributed by atoms with Crippen LogP contribution in [0, 0.1) is 24.6 Å². The molecule has 2 aromatic rings. The summed E-state index contributed by atoms with van der Waals surface area (Å²) in [6.07, 6.45) is 3.93. The van der Waals surface area contributed by atoms with Crippen LogP contribution in [0.2, 0.25) is 0 Å². The quantitative estimate of drug-likeness (QED) is 0.686. The summed E-state index contributed by atoms with van der Waals surface area (Å²) in [5.74, 6) is 1.43. The summed E-state index contributed by atoms with van der Waals surface area (Å²) in [4.78, 5) is 19.3. The number of methoxy groups -OCH3 is 1. The molecule has 3 aliphatic rings. The van der Waals surface area contributed by atoms with E-state index in [9.17, 15) is 9.18 Å². The van der Waals surface area contributed by atoms with Gasteiger partial charge in [-0.25, -0.2) is 4.39 Å². The summed E-state index contributed by atoms with van der Waals surface area (Å²) < 4.78 is 32.1. The van der Waals surface area contributed by atoms with Crippen molar-refractivity contribution in [1.29, 1.82) is 0 Å². The second-order valence-corrected chi connectivity index (χ2v) is 9.66. The highest BCUT2D eigenvalue weighted by molar-refractivity contribution is 6.03. The maximum Gasteiger partial charge on any atom is 0.298 e. The van der Waals surface area contributed by atoms with Crippen LogP contribution in [0.3, 0.4) is 0 Å². The lowest BCUT2D eigenvalue weighted by Crippen LogP contribution is -2.61. The Morgan fingerprint density at radius 1 is 1.31 bits per heavy atom. The van der Waals surface area contributed by atoms with Crippen molar-refractivity contribution >= 4 is 17.6 Å². The molecular formula is C24H30FN3O4. The van der Waals surface area contributed by atoms with Crippen molar-refractivity contribution in [3.63, 3.8) is 0 Å². The number of carbonyl (C=O) groups is 1. The number of anilines is 2. The monoisotopic (exact) mass is 443 g/mol. The number of oxazole rings is 1.